The zero-order valence-corrected chi connectivity index (χ0v) is 18.7. The maximum absolute atomic E-state index is 13.8. The fraction of sp³-hybridized carbons (Fsp3) is 0.231. The average Bonchev–Trinajstić information content (AvgIpc) is 3.17. The number of rotatable bonds is 6. The molecular weight excluding hydrogens is 430 g/mol. The summed E-state index contributed by atoms with van der Waals surface area (Å²) in [5.74, 6) is 1.69. The maximum atomic E-state index is 13.8. The van der Waals surface area contributed by atoms with E-state index >= 15 is 0 Å². The van der Waals surface area contributed by atoms with Crippen LogP contribution in [-0.2, 0) is 0 Å². The fourth-order valence-electron chi connectivity index (χ4n) is 4.65. The number of ether oxygens (including phenoxy) is 1. The first-order valence-electron chi connectivity index (χ1n) is 11.3. The van der Waals surface area contributed by atoms with Gasteiger partial charge in [0.1, 0.15) is 29.1 Å². The van der Waals surface area contributed by atoms with Crippen molar-refractivity contribution >= 4 is 16.9 Å². The van der Waals surface area contributed by atoms with E-state index in [2.05, 4.69) is 11.6 Å². The summed E-state index contributed by atoms with van der Waals surface area (Å²) in [6.07, 6.45) is 4.08. The second kappa shape index (κ2) is 9.17. The Labute approximate surface area is 197 Å². The van der Waals surface area contributed by atoms with Gasteiger partial charge < -0.3 is 15.6 Å². The van der Waals surface area contributed by atoms with Crippen LogP contribution in [-0.4, -0.2) is 43.4 Å². The van der Waals surface area contributed by atoms with Crippen LogP contribution in [0.25, 0.3) is 16.7 Å². The molecule has 1 aliphatic heterocycles. The normalized spacial score (nSPS) is 17.5. The van der Waals surface area contributed by atoms with Gasteiger partial charge in [0.05, 0.1) is 17.2 Å². The second-order valence-electron chi connectivity index (χ2n) is 8.40. The predicted molar refractivity (Wildman–Crippen MR) is 132 cm³/mol. The minimum atomic E-state index is -0.740. The van der Waals surface area contributed by atoms with Crippen molar-refractivity contribution in [3.05, 3.63) is 90.0 Å². The number of anilines is 1. The third-order valence-corrected chi connectivity index (χ3v) is 6.26. The van der Waals surface area contributed by atoms with Crippen molar-refractivity contribution in [1.82, 2.24) is 19.0 Å². The molecule has 8 nitrogen and oxygen atoms in total. The number of nitrogens with two attached hydrogens (primary N) is 1. The molecule has 0 aliphatic carbocycles. The number of piperidine rings is 1. The standard InChI is InChI=1S/C26H27N5O3/c1-2-23(32)29-16-6-7-19(17-29)30-22-14-15-28-25(27)24(22)31(26(30)33)18-10-12-21(13-11-18)34-20-8-4-3-5-9-20/h2-5,8-15,19,23,32H,1,6-7,16-17H2,(H2,27,28)/t19-,23?/m1/s1. The number of aliphatic hydroxyl groups excluding tert-OH is 1. The van der Waals surface area contributed by atoms with Crippen LogP contribution >= 0.6 is 0 Å². The lowest BCUT2D eigenvalue weighted by molar-refractivity contribution is 0.0138. The molecule has 3 N–H and O–H groups in total. The summed E-state index contributed by atoms with van der Waals surface area (Å²) in [7, 11) is 0. The highest BCUT2D eigenvalue weighted by atomic mass is 16.5. The Kier molecular flexibility index (Phi) is 5.91. The van der Waals surface area contributed by atoms with E-state index < -0.39 is 6.23 Å². The third kappa shape index (κ3) is 3.98. The first kappa shape index (κ1) is 21.9. The van der Waals surface area contributed by atoms with Crippen molar-refractivity contribution in [2.24, 2.45) is 0 Å². The highest BCUT2D eigenvalue weighted by Crippen LogP contribution is 2.30. The Morgan fingerprint density at radius 2 is 1.85 bits per heavy atom. The minimum Gasteiger partial charge on any atom is -0.457 e. The number of pyridine rings is 1. The van der Waals surface area contributed by atoms with E-state index in [-0.39, 0.29) is 17.5 Å². The van der Waals surface area contributed by atoms with Crippen molar-refractivity contribution in [2.45, 2.75) is 25.1 Å². The third-order valence-electron chi connectivity index (χ3n) is 6.26. The highest BCUT2D eigenvalue weighted by molar-refractivity contribution is 5.87. The molecule has 1 saturated heterocycles. The molecule has 1 fully saturated rings. The van der Waals surface area contributed by atoms with Crippen molar-refractivity contribution < 1.29 is 9.84 Å². The molecule has 8 heteroatoms. The fourth-order valence-corrected chi connectivity index (χ4v) is 4.65. The Balaban J connectivity index is 1.55. The van der Waals surface area contributed by atoms with Gasteiger partial charge in [0, 0.05) is 19.3 Å². The smallest absolute Gasteiger partial charge is 0.334 e. The minimum absolute atomic E-state index is 0.109. The van der Waals surface area contributed by atoms with Crippen LogP contribution in [0.4, 0.5) is 5.82 Å². The number of fused-ring (bicyclic) bond motifs is 1. The number of aliphatic hydroxyl groups is 1. The Morgan fingerprint density at radius 1 is 1.12 bits per heavy atom. The van der Waals surface area contributed by atoms with Crippen molar-refractivity contribution in [1.29, 1.82) is 0 Å². The molecule has 1 unspecified atom stereocenters. The number of hydrogen-bond acceptors (Lipinski definition) is 6. The first-order valence-corrected chi connectivity index (χ1v) is 11.3. The maximum Gasteiger partial charge on any atom is 0.334 e. The van der Waals surface area contributed by atoms with Gasteiger partial charge in [-0.05, 0) is 61.4 Å². The molecule has 2 atom stereocenters. The van der Waals surface area contributed by atoms with Crippen LogP contribution in [0.15, 0.2) is 84.3 Å². The predicted octanol–water partition coefficient (Wildman–Crippen LogP) is 3.70. The van der Waals surface area contributed by atoms with E-state index in [1.165, 1.54) is 6.08 Å². The van der Waals surface area contributed by atoms with Crippen LogP contribution in [0.1, 0.15) is 18.9 Å². The zero-order valence-electron chi connectivity index (χ0n) is 18.7. The van der Waals surface area contributed by atoms with Crippen LogP contribution < -0.4 is 16.2 Å². The summed E-state index contributed by atoms with van der Waals surface area (Å²) in [6, 6.07) is 18.6. The molecule has 34 heavy (non-hydrogen) atoms. The monoisotopic (exact) mass is 457 g/mol. The first-order chi connectivity index (χ1) is 16.6. The van der Waals surface area contributed by atoms with Gasteiger partial charge in [-0.25, -0.2) is 9.78 Å². The number of imidazole rings is 1. The van der Waals surface area contributed by atoms with Crippen molar-refractivity contribution in [3.63, 3.8) is 0 Å². The number of nitrogen functional groups attached to an aromatic ring is 1. The number of para-hydroxylation sites is 1. The van der Waals surface area contributed by atoms with Gasteiger partial charge in [-0.2, -0.15) is 0 Å². The van der Waals surface area contributed by atoms with Crippen LogP contribution in [0.3, 0.4) is 0 Å². The number of aromatic nitrogens is 3. The SMILES string of the molecule is C=CC(O)N1CCC[C@@H](n2c(=O)n(-c3ccc(Oc4ccccc4)cc3)c3c(N)nccc32)C1. The molecule has 0 saturated carbocycles. The lowest BCUT2D eigenvalue weighted by atomic mass is 10.0. The summed E-state index contributed by atoms with van der Waals surface area (Å²) < 4.78 is 9.27. The topological polar surface area (TPSA) is 98.5 Å². The molecule has 0 bridgehead atoms. The molecule has 5 rings (SSSR count). The summed E-state index contributed by atoms with van der Waals surface area (Å²) >= 11 is 0. The van der Waals surface area contributed by atoms with Crippen molar-refractivity contribution in [3.8, 4) is 17.2 Å². The highest BCUT2D eigenvalue weighted by Gasteiger charge is 2.29. The second-order valence-corrected chi connectivity index (χ2v) is 8.40. The van der Waals surface area contributed by atoms with Crippen LogP contribution in [0, 0.1) is 0 Å². The van der Waals surface area contributed by atoms with Gasteiger partial charge in [0.2, 0.25) is 0 Å². The molecule has 0 radical (unpaired) electrons. The van der Waals surface area contributed by atoms with Gasteiger partial charge in [0.15, 0.2) is 0 Å². The quantitative estimate of drug-likeness (QED) is 0.429. The molecule has 0 amide bonds. The van der Waals surface area contributed by atoms with Gasteiger partial charge >= 0.3 is 5.69 Å². The van der Waals surface area contributed by atoms with E-state index in [1.807, 2.05) is 65.6 Å². The summed E-state index contributed by atoms with van der Waals surface area (Å²) in [5, 5.41) is 10.3. The van der Waals surface area contributed by atoms with E-state index in [9.17, 15) is 9.90 Å². The Morgan fingerprint density at radius 3 is 2.59 bits per heavy atom. The van der Waals surface area contributed by atoms with E-state index in [4.69, 9.17) is 10.5 Å². The van der Waals surface area contributed by atoms with Crippen LogP contribution in [0.2, 0.25) is 0 Å². The van der Waals surface area contributed by atoms with Gasteiger partial charge in [-0.1, -0.05) is 24.8 Å². The summed E-state index contributed by atoms with van der Waals surface area (Å²) in [6.45, 7) is 4.98. The molecule has 4 aromatic rings. The van der Waals surface area contributed by atoms with E-state index in [1.54, 1.807) is 15.3 Å². The molecule has 3 heterocycles. The number of hydrogen-bond donors (Lipinski definition) is 2. The average molecular weight is 458 g/mol. The van der Waals surface area contributed by atoms with E-state index in [0.29, 0.717) is 23.5 Å². The molecule has 0 spiro atoms. The molecule has 174 valence electrons. The van der Waals surface area contributed by atoms with Gasteiger partial charge in [-0.15, -0.1) is 0 Å². The molecule has 2 aromatic heterocycles. The van der Waals surface area contributed by atoms with Crippen molar-refractivity contribution in [2.75, 3.05) is 18.8 Å². The molecular formula is C26H27N5O3. The van der Waals surface area contributed by atoms with Gasteiger partial charge in [0.25, 0.3) is 0 Å². The number of likely N-dealkylation sites (tertiary alicyclic amines) is 1. The Bertz CT molecular complexity index is 1360. The zero-order chi connectivity index (χ0) is 23.7. The lowest BCUT2D eigenvalue weighted by Gasteiger charge is -2.35. The summed E-state index contributed by atoms with van der Waals surface area (Å²) in [4.78, 5) is 19.9. The largest absolute Gasteiger partial charge is 0.457 e. The van der Waals surface area contributed by atoms with Crippen LogP contribution in [0.5, 0.6) is 11.5 Å². The van der Waals surface area contributed by atoms with Gasteiger partial charge in [-0.3, -0.25) is 14.0 Å². The molecule has 2 aromatic carbocycles. The number of nitrogens with zero attached hydrogens (tertiary/aromatic N) is 4. The molecule has 1 aliphatic rings. The summed E-state index contributed by atoms with van der Waals surface area (Å²) in [5.41, 5.74) is 8.05. The Hall–Kier alpha value is -3.88. The number of benzene rings is 2. The lowest BCUT2D eigenvalue weighted by Crippen LogP contribution is -2.44. The van der Waals surface area contributed by atoms with E-state index in [0.717, 1.165) is 30.7 Å².